The molecule has 1 aliphatic heterocycles. The molecule has 22 heavy (non-hydrogen) atoms. The molecule has 0 unspecified atom stereocenters. The molecule has 4 rings (SSSR count). The first-order chi connectivity index (χ1) is 10.6. The Morgan fingerprint density at radius 2 is 2.09 bits per heavy atom. The smallest absolute Gasteiger partial charge is 0.340 e. The van der Waals surface area contributed by atoms with Crippen molar-refractivity contribution >= 4 is 11.9 Å². The van der Waals surface area contributed by atoms with Gasteiger partial charge in [-0.15, -0.1) is 0 Å². The molecule has 2 aliphatic carbocycles. The summed E-state index contributed by atoms with van der Waals surface area (Å²) in [6.07, 6.45) is 1.73. The fourth-order valence-electron chi connectivity index (χ4n) is 4.59. The van der Waals surface area contributed by atoms with Crippen molar-refractivity contribution in [1.82, 2.24) is 0 Å². The number of carbonyl (C=O) groups excluding carboxylic acids is 2. The third-order valence-corrected chi connectivity index (χ3v) is 5.56. The van der Waals surface area contributed by atoms with Gasteiger partial charge >= 0.3 is 11.9 Å². The van der Waals surface area contributed by atoms with Gasteiger partial charge in [0.15, 0.2) is 5.60 Å². The number of carbonyl (C=O) groups is 2. The molecule has 5 nitrogen and oxygen atoms in total. The third kappa shape index (κ3) is 1.42. The van der Waals surface area contributed by atoms with Crippen molar-refractivity contribution in [3.8, 4) is 0 Å². The van der Waals surface area contributed by atoms with Crippen LogP contribution >= 0.6 is 0 Å². The van der Waals surface area contributed by atoms with Crippen LogP contribution in [0.15, 0.2) is 30.3 Å². The molecule has 116 valence electrons. The van der Waals surface area contributed by atoms with Crippen molar-refractivity contribution in [2.24, 2.45) is 11.3 Å². The van der Waals surface area contributed by atoms with Gasteiger partial charge in [0.1, 0.15) is 11.5 Å². The minimum absolute atomic E-state index is 0.118. The summed E-state index contributed by atoms with van der Waals surface area (Å²) in [5, 5.41) is 0. The predicted octanol–water partition coefficient (Wildman–Crippen LogP) is 1.84. The van der Waals surface area contributed by atoms with Gasteiger partial charge in [0.05, 0.1) is 13.7 Å². The zero-order valence-electron chi connectivity index (χ0n) is 12.4. The second kappa shape index (κ2) is 4.56. The molecule has 4 atom stereocenters. The maximum absolute atomic E-state index is 12.5. The molecule has 0 N–H and O–H groups in total. The first-order valence-electron chi connectivity index (χ1n) is 7.62. The SMILES string of the molecule is COC(=O)[C@]12[C@@H]3CC[C@H]1OC(=O)[C@@]2(OCc1ccccc1)C3. The lowest BCUT2D eigenvalue weighted by Crippen LogP contribution is -2.69. The van der Waals surface area contributed by atoms with Gasteiger partial charge in [0.2, 0.25) is 0 Å². The zero-order valence-corrected chi connectivity index (χ0v) is 12.4. The maximum atomic E-state index is 12.5. The summed E-state index contributed by atoms with van der Waals surface area (Å²) < 4.78 is 16.5. The minimum Gasteiger partial charge on any atom is -0.468 e. The highest BCUT2D eigenvalue weighted by Crippen LogP contribution is 2.70. The molecule has 1 aromatic rings. The second-order valence-electron chi connectivity index (χ2n) is 6.33. The number of ether oxygens (including phenoxy) is 3. The summed E-state index contributed by atoms with van der Waals surface area (Å²) >= 11 is 0. The quantitative estimate of drug-likeness (QED) is 0.794. The second-order valence-corrected chi connectivity index (χ2v) is 6.33. The Morgan fingerprint density at radius 1 is 1.32 bits per heavy atom. The molecule has 3 aliphatic rings. The Kier molecular flexibility index (Phi) is 2.85. The van der Waals surface area contributed by atoms with Crippen LogP contribution in [0.5, 0.6) is 0 Å². The van der Waals surface area contributed by atoms with Crippen LogP contribution in [-0.2, 0) is 30.4 Å². The van der Waals surface area contributed by atoms with Crippen LogP contribution in [0.1, 0.15) is 24.8 Å². The normalized spacial score (nSPS) is 38.1. The third-order valence-electron chi connectivity index (χ3n) is 5.56. The molecule has 1 saturated heterocycles. The highest BCUT2D eigenvalue weighted by molar-refractivity contribution is 5.97. The summed E-state index contributed by atoms with van der Waals surface area (Å²) in [4.78, 5) is 24.9. The van der Waals surface area contributed by atoms with E-state index in [4.69, 9.17) is 14.2 Å². The topological polar surface area (TPSA) is 61.8 Å². The van der Waals surface area contributed by atoms with E-state index in [1.54, 1.807) is 0 Å². The molecule has 3 fully saturated rings. The zero-order chi connectivity index (χ0) is 15.4. The molecule has 1 heterocycles. The number of rotatable bonds is 4. The summed E-state index contributed by atoms with van der Waals surface area (Å²) in [5.74, 6) is -0.660. The molecule has 0 aromatic heterocycles. The van der Waals surface area contributed by atoms with Crippen LogP contribution in [-0.4, -0.2) is 30.8 Å². The van der Waals surface area contributed by atoms with Crippen LogP contribution in [0.3, 0.4) is 0 Å². The first-order valence-corrected chi connectivity index (χ1v) is 7.62. The summed E-state index contributed by atoms with van der Waals surface area (Å²) in [5.41, 5.74) is -1.13. The van der Waals surface area contributed by atoms with Crippen LogP contribution < -0.4 is 0 Å². The van der Waals surface area contributed by atoms with Gasteiger partial charge in [-0.1, -0.05) is 30.3 Å². The number of esters is 2. The Labute approximate surface area is 128 Å². The molecule has 0 amide bonds. The highest BCUT2D eigenvalue weighted by Gasteiger charge is 2.85. The average molecular weight is 302 g/mol. The van der Waals surface area contributed by atoms with Crippen LogP contribution in [0.4, 0.5) is 0 Å². The van der Waals surface area contributed by atoms with Gasteiger partial charge in [-0.25, -0.2) is 4.79 Å². The lowest BCUT2D eigenvalue weighted by Gasteiger charge is -2.52. The molecule has 0 radical (unpaired) electrons. The van der Waals surface area contributed by atoms with E-state index >= 15 is 0 Å². The number of hydrogen-bond donors (Lipinski definition) is 0. The van der Waals surface area contributed by atoms with Crippen LogP contribution in [0, 0.1) is 11.3 Å². The molecule has 5 heteroatoms. The van der Waals surface area contributed by atoms with E-state index < -0.39 is 23.1 Å². The van der Waals surface area contributed by atoms with Crippen molar-refractivity contribution in [2.45, 2.75) is 37.6 Å². The van der Waals surface area contributed by atoms with E-state index in [2.05, 4.69) is 0 Å². The number of methoxy groups -OCH3 is 1. The van der Waals surface area contributed by atoms with Crippen molar-refractivity contribution in [3.05, 3.63) is 35.9 Å². The summed E-state index contributed by atoms with van der Waals surface area (Å²) in [6.45, 7) is 0.286. The van der Waals surface area contributed by atoms with Gasteiger partial charge in [-0.05, 0) is 30.7 Å². The Balaban J connectivity index is 1.67. The van der Waals surface area contributed by atoms with Gasteiger partial charge in [-0.2, -0.15) is 0 Å². The Bertz CT molecular complexity index is 627. The van der Waals surface area contributed by atoms with Gasteiger partial charge < -0.3 is 14.2 Å². The Morgan fingerprint density at radius 3 is 2.82 bits per heavy atom. The standard InChI is InChI=1S/C17H18O5/c1-20-15(19)17-12-7-8-13(17)22-14(18)16(17,9-12)21-10-11-5-3-2-4-6-11/h2-6,12-13H,7-10H2,1H3/t12-,13-,16+,17+/m1/s1. The van der Waals surface area contributed by atoms with Crippen LogP contribution in [0.2, 0.25) is 0 Å². The maximum Gasteiger partial charge on any atom is 0.340 e. The number of benzene rings is 1. The molecule has 1 aromatic carbocycles. The van der Waals surface area contributed by atoms with Crippen molar-refractivity contribution in [2.75, 3.05) is 7.11 Å². The van der Waals surface area contributed by atoms with E-state index in [0.29, 0.717) is 12.8 Å². The van der Waals surface area contributed by atoms with Crippen LogP contribution in [0.25, 0.3) is 0 Å². The van der Waals surface area contributed by atoms with E-state index in [1.165, 1.54) is 7.11 Å². The van der Waals surface area contributed by atoms with E-state index in [1.807, 2.05) is 30.3 Å². The monoisotopic (exact) mass is 302 g/mol. The average Bonchev–Trinajstić information content (AvgIpc) is 2.90. The van der Waals surface area contributed by atoms with E-state index in [9.17, 15) is 9.59 Å². The fourth-order valence-corrected chi connectivity index (χ4v) is 4.59. The molecule has 2 saturated carbocycles. The Hall–Kier alpha value is -1.88. The van der Waals surface area contributed by atoms with Gasteiger partial charge in [0.25, 0.3) is 0 Å². The van der Waals surface area contributed by atoms with E-state index in [0.717, 1.165) is 12.0 Å². The molecule has 0 spiro atoms. The largest absolute Gasteiger partial charge is 0.468 e. The van der Waals surface area contributed by atoms with Crippen molar-refractivity contribution in [1.29, 1.82) is 0 Å². The highest BCUT2D eigenvalue weighted by atomic mass is 16.6. The lowest BCUT2D eigenvalue weighted by molar-refractivity contribution is -0.227. The lowest BCUT2D eigenvalue weighted by atomic mass is 9.51. The number of hydrogen-bond acceptors (Lipinski definition) is 5. The predicted molar refractivity (Wildman–Crippen MR) is 75.6 cm³/mol. The summed E-state index contributed by atoms with van der Waals surface area (Å²) in [6, 6.07) is 9.63. The van der Waals surface area contributed by atoms with Gasteiger partial charge in [-0.3, -0.25) is 4.79 Å². The fraction of sp³-hybridized carbons (Fsp3) is 0.529. The summed E-state index contributed by atoms with van der Waals surface area (Å²) in [7, 11) is 1.36. The van der Waals surface area contributed by atoms with Crippen molar-refractivity contribution < 1.29 is 23.8 Å². The first kappa shape index (κ1) is 13.8. The van der Waals surface area contributed by atoms with Crippen molar-refractivity contribution in [3.63, 3.8) is 0 Å². The molecular weight excluding hydrogens is 284 g/mol. The minimum atomic E-state index is -1.16. The van der Waals surface area contributed by atoms with E-state index in [-0.39, 0.29) is 18.5 Å². The molecular formula is C17H18O5. The van der Waals surface area contributed by atoms with Gasteiger partial charge in [0, 0.05) is 0 Å². The molecule has 0 bridgehead atoms.